The standard InChI is InChI=1S/C18H23NO4/c1-3-15(20)10-19(11-16-6-4-13(2)23-16)9-14-5-7-17-18(8-14)22-12-21-17/h4-8,15,20H,3,9-12H2,1-2H3. The van der Waals surface area contributed by atoms with Crippen LogP contribution in [-0.2, 0) is 13.1 Å². The zero-order valence-electron chi connectivity index (χ0n) is 13.6. The van der Waals surface area contributed by atoms with Gasteiger partial charge in [0.25, 0.3) is 0 Å². The maximum atomic E-state index is 10.0. The van der Waals surface area contributed by atoms with Crippen LogP contribution in [0.25, 0.3) is 0 Å². The van der Waals surface area contributed by atoms with Gasteiger partial charge in [0.1, 0.15) is 11.5 Å². The third kappa shape index (κ3) is 4.06. The molecule has 0 fully saturated rings. The van der Waals surface area contributed by atoms with Crippen LogP contribution in [0.4, 0.5) is 0 Å². The van der Waals surface area contributed by atoms with E-state index in [4.69, 9.17) is 13.9 Å². The van der Waals surface area contributed by atoms with Crippen molar-refractivity contribution in [3.05, 3.63) is 47.4 Å². The van der Waals surface area contributed by atoms with E-state index in [0.717, 1.165) is 35.0 Å². The Hall–Kier alpha value is -1.98. The minimum atomic E-state index is -0.347. The van der Waals surface area contributed by atoms with Gasteiger partial charge in [0.05, 0.1) is 12.6 Å². The summed E-state index contributed by atoms with van der Waals surface area (Å²) < 4.78 is 16.5. The van der Waals surface area contributed by atoms with Crippen molar-refractivity contribution in [2.24, 2.45) is 0 Å². The van der Waals surface area contributed by atoms with E-state index in [1.807, 2.05) is 44.2 Å². The molecule has 0 spiro atoms. The molecule has 0 radical (unpaired) electrons. The predicted molar refractivity (Wildman–Crippen MR) is 86.4 cm³/mol. The molecule has 1 aromatic carbocycles. The van der Waals surface area contributed by atoms with Crippen LogP contribution in [0.2, 0.25) is 0 Å². The van der Waals surface area contributed by atoms with E-state index in [9.17, 15) is 5.11 Å². The van der Waals surface area contributed by atoms with E-state index in [0.29, 0.717) is 19.6 Å². The lowest BCUT2D eigenvalue weighted by atomic mass is 10.1. The molecule has 5 nitrogen and oxygen atoms in total. The number of aryl methyl sites for hydroxylation is 1. The molecular formula is C18H23NO4. The summed E-state index contributed by atoms with van der Waals surface area (Å²) in [6.07, 6.45) is 0.384. The van der Waals surface area contributed by atoms with Crippen LogP contribution >= 0.6 is 0 Å². The highest BCUT2D eigenvalue weighted by atomic mass is 16.7. The van der Waals surface area contributed by atoms with Crippen LogP contribution in [0.5, 0.6) is 11.5 Å². The van der Waals surface area contributed by atoms with Gasteiger partial charge < -0.3 is 19.0 Å². The average Bonchev–Trinajstić information content (AvgIpc) is 3.15. The minimum absolute atomic E-state index is 0.280. The van der Waals surface area contributed by atoms with Gasteiger partial charge in [0.2, 0.25) is 6.79 Å². The molecular weight excluding hydrogens is 294 g/mol. The molecule has 0 bridgehead atoms. The molecule has 3 rings (SSSR count). The zero-order chi connectivity index (χ0) is 16.2. The Morgan fingerprint density at radius 2 is 1.96 bits per heavy atom. The molecule has 0 saturated heterocycles. The first-order valence-electron chi connectivity index (χ1n) is 7.98. The van der Waals surface area contributed by atoms with Crippen LogP contribution < -0.4 is 9.47 Å². The van der Waals surface area contributed by atoms with E-state index in [2.05, 4.69) is 4.90 Å². The number of aliphatic hydroxyl groups is 1. The van der Waals surface area contributed by atoms with Gasteiger partial charge in [0.15, 0.2) is 11.5 Å². The fourth-order valence-electron chi connectivity index (χ4n) is 2.70. The van der Waals surface area contributed by atoms with Crippen molar-refractivity contribution in [1.29, 1.82) is 0 Å². The highest BCUT2D eigenvalue weighted by molar-refractivity contribution is 5.44. The Balaban J connectivity index is 1.72. The quantitative estimate of drug-likeness (QED) is 0.850. The highest BCUT2D eigenvalue weighted by Crippen LogP contribution is 2.33. The predicted octanol–water partition coefficient (Wildman–Crippen LogP) is 3.09. The molecule has 0 amide bonds. The second-order valence-electron chi connectivity index (χ2n) is 5.93. The van der Waals surface area contributed by atoms with Crippen LogP contribution in [0, 0.1) is 6.92 Å². The third-order valence-electron chi connectivity index (χ3n) is 3.96. The van der Waals surface area contributed by atoms with Crippen molar-refractivity contribution in [1.82, 2.24) is 4.90 Å². The molecule has 2 heterocycles. The first-order chi connectivity index (χ1) is 11.1. The lowest BCUT2D eigenvalue weighted by Gasteiger charge is -2.24. The number of hydrogen-bond acceptors (Lipinski definition) is 5. The molecule has 23 heavy (non-hydrogen) atoms. The first-order valence-corrected chi connectivity index (χ1v) is 7.98. The zero-order valence-corrected chi connectivity index (χ0v) is 13.6. The summed E-state index contributed by atoms with van der Waals surface area (Å²) in [6, 6.07) is 9.92. The van der Waals surface area contributed by atoms with Crippen molar-refractivity contribution in [2.45, 2.75) is 39.5 Å². The van der Waals surface area contributed by atoms with E-state index in [-0.39, 0.29) is 12.9 Å². The monoisotopic (exact) mass is 317 g/mol. The number of furan rings is 1. The minimum Gasteiger partial charge on any atom is -0.465 e. The topological polar surface area (TPSA) is 55.1 Å². The van der Waals surface area contributed by atoms with Gasteiger partial charge in [-0.15, -0.1) is 0 Å². The maximum absolute atomic E-state index is 10.0. The largest absolute Gasteiger partial charge is 0.465 e. The number of nitrogens with zero attached hydrogens (tertiary/aromatic N) is 1. The fourth-order valence-corrected chi connectivity index (χ4v) is 2.70. The van der Waals surface area contributed by atoms with Gasteiger partial charge in [0, 0.05) is 13.1 Å². The molecule has 1 aliphatic rings. The molecule has 1 aromatic heterocycles. The van der Waals surface area contributed by atoms with Crippen molar-refractivity contribution >= 4 is 0 Å². The fraction of sp³-hybridized carbons (Fsp3) is 0.444. The molecule has 1 N–H and O–H groups in total. The van der Waals surface area contributed by atoms with Gasteiger partial charge in [-0.05, 0) is 43.2 Å². The summed E-state index contributed by atoms with van der Waals surface area (Å²) in [5, 5.41) is 10.0. The summed E-state index contributed by atoms with van der Waals surface area (Å²) in [5.41, 5.74) is 1.13. The summed E-state index contributed by atoms with van der Waals surface area (Å²) in [4.78, 5) is 2.18. The normalized spacial score (nSPS) is 14.4. The Morgan fingerprint density at radius 1 is 1.13 bits per heavy atom. The highest BCUT2D eigenvalue weighted by Gasteiger charge is 2.17. The smallest absolute Gasteiger partial charge is 0.231 e. The van der Waals surface area contributed by atoms with E-state index in [1.54, 1.807) is 0 Å². The molecule has 1 atom stereocenters. The van der Waals surface area contributed by atoms with Crippen LogP contribution in [0.1, 0.15) is 30.4 Å². The van der Waals surface area contributed by atoms with Gasteiger partial charge >= 0.3 is 0 Å². The Kier molecular flexibility index (Phi) is 4.88. The first kappa shape index (κ1) is 15.9. The van der Waals surface area contributed by atoms with Gasteiger partial charge in [-0.1, -0.05) is 13.0 Å². The number of ether oxygens (including phenoxy) is 2. The molecule has 0 saturated carbocycles. The number of aliphatic hydroxyl groups excluding tert-OH is 1. The Labute approximate surface area is 136 Å². The Morgan fingerprint density at radius 3 is 2.70 bits per heavy atom. The van der Waals surface area contributed by atoms with E-state index < -0.39 is 0 Å². The molecule has 5 heteroatoms. The van der Waals surface area contributed by atoms with Gasteiger partial charge in [-0.2, -0.15) is 0 Å². The molecule has 1 unspecified atom stereocenters. The number of fused-ring (bicyclic) bond motifs is 1. The summed E-state index contributed by atoms with van der Waals surface area (Å²) >= 11 is 0. The number of hydrogen-bond donors (Lipinski definition) is 1. The summed E-state index contributed by atoms with van der Waals surface area (Å²) in [5.74, 6) is 3.38. The van der Waals surface area contributed by atoms with Gasteiger partial charge in [-0.25, -0.2) is 0 Å². The molecule has 2 aromatic rings. The van der Waals surface area contributed by atoms with Crippen molar-refractivity contribution in [2.75, 3.05) is 13.3 Å². The van der Waals surface area contributed by atoms with Crippen LogP contribution in [0.15, 0.2) is 34.7 Å². The molecule has 1 aliphatic heterocycles. The van der Waals surface area contributed by atoms with Crippen molar-refractivity contribution in [3.8, 4) is 11.5 Å². The summed E-state index contributed by atoms with van der Waals surface area (Å²) in [6.45, 7) is 6.19. The number of benzene rings is 1. The van der Waals surface area contributed by atoms with E-state index >= 15 is 0 Å². The average molecular weight is 317 g/mol. The van der Waals surface area contributed by atoms with Crippen molar-refractivity contribution in [3.63, 3.8) is 0 Å². The lowest BCUT2D eigenvalue weighted by Crippen LogP contribution is -2.31. The van der Waals surface area contributed by atoms with Gasteiger partial charge in [-0.3, -0.25) is 4.90 Å². The van der Waals surface area contributed by atoms with Crippen LogP contribution in [-0.4, -0.2) is 29.4 Å². The molecule has 0 aliphatic carbocycles. The SMILES string of the molecule is CCC(O)CN(Cc1ccc2c(c1)OCO2)Cc1ccc(C)o1. The Bertz CT molecular complexity index is 652. The van der Waals surface area contributed by atoms with E-state index in [1.165, 1.54) is 0 Å². The molecule has 124 valence electrons. The number of rotatable bonds is 7. The van der Waals surface area contributed by atoms with Crippen molar-refractivity contribution < 1.29 is 19.0 Å². The lowest BCUT2D eigenvalue weighted by molar-refractivity contribution is 0.0972. The van der Waals surface area contributed by atoms with Crippen LogP contribution in [0.3, 0.4) is 0 Å². The third-order valence-corrected chi connectivity index (χ3v) is 3.96. The maximum Gasteiger partial charge on any atom is 0.231 e. The second kappa shape index (κ2) is 7.06. The summed E-state index contributed by atoms with van der Waals surface area (Å²) in [7, 11) is 0. The second-order valence-corrected chi connectivity index (χ2v) is 5.93.